The first-order valence-electron chi connectivity index (χ1n) is 5.85. The molecule has 0 unspecified atom stereocenters. The highest BCUT2D eigenvalue weighted by Gasteiger charge is 2.08. The van der Waals surface area contributed by atoms with Gasteiger partial charge < -0.3 is 24.1 Å². The summed E-state index contributed by atoms with van der Waals surface area (Å²) in [6, 6.07) is 11.2. The number of hydrogen-bond acceptors (Lipinski definition) is 5. The molecule has 0 saturated heterocycles. The lowest BCUT2D eigenvalue weighted by Crippen LogP contribution is -2.22. The fourth-order valence-electron chi connectivity index (χ4n) is 1.69. The van der Waals surface area contributed by atoms with E-state index in [1.807, 2.05) is 0 Å². The van der Waals surface area contributed by atoms with E-state index < -0.39 is 5.97 Å². The maximum atomic E-state index is 11.0. The summed E-state index contributed by atoms with van der Waals surface area (Å²) in [6.07, 6.45) is 0. The Morgan fingerprint density at radius 2 is 1.50 bits per heavy atom. The third-order valence-electron chi connectivity index (χ3n) is 2.66. The van der Waals surface area contributed by atoms with Crippen molar-refractivity contribution in [3.63, 3.8) is 0 Å². The third-order valence-corrected chi connectivity index (χ3v) is 2.66. The molecular formula is C15H13O5-. The third kappa shape index (κ3) is 3.00. The Hall–Kier alpha value is -2.69. The molecule has 5 nitrogen and oxygen atoms in total. The topological polar surface area (TPSA) is 67.8 Å². The molecule has 0 saturated carbocycles. The largest absolute Gasteiger partial charge is 0.545 e. The van der Waals surface area contributed by atoms with Crippen LogP contribution < -0.4 is 19.3 Å². The first kappa shape index (κ1) is 13.7. The molecule has 0 atom stereocenters. The van der Waals surface area contributed by atoms with Crippen molar-refractivity contribution in [2.45, 2.75) is 0 Å². The van der Waals surface area contributed by atoms with Gasteiger partial charge in [0.05, 0.1) is 20.2 Å². The number of hydrogen-bond donors (Lipinski definition) is 0. The van der Waals surface area contributed by atoms with E-state index >= 15 is 0 Å². The molecule has 104 valence electrons. The van der Waals surface area contributed by atoms with Gasteiger partial charge in [0.25, 0.3) is 0 Å². The van der Waals surface area contributed by atoms with Crippen LogP contribution in [0.4, 0.5) is 0 Å². The second-order valence-corrected chi connectivity index (χ2v) is 3.93. The summed E-state index contributed by atoms with van der Waals surface area (Å²) < 4.78 is 15.8. The van der Waals surface area contributed by atoms with Gasteiger partial charge in [-0.3, -0.25) is 0 Å². The molecule has 0 amide bonds. The minimum Gasteiger partial charge on any atom is -0.545 e. The predicted octanol–water partition coefficient (Wildman–Crippen LogP) is 1.86. The van der Waals surface area contributed by atoms with Crippen LogP contribution in [0.1, 0.15) is 10.4 Å². The summed E-state index contributed by atoms with van der Waals surface area (Å²) in [6.45, 7) is 0. The lowest BCUT2D eigenvalue weighted by atomic mass is 10.2. The Kier molecular flexibility index (Phi) is 4.10. The van der Waals surface area contributed by atoms with Crippen molar-refractivity contribution in [2.75, 3.05) is 14.2 Å². The predicted molar refractivity (Wildman–Crippen MR) is 70.4 cm³/mol. The van der Waals surface area contributed by atoms with Crippen LogP contribution in [0.15, 0.2) is 42.5 Å². The number of aromatic carboxylic acids is 1. The SMILES string of the molecule is COc1cc(OC)cc(Oc2ccccc2C(=O)[O-])c1. The van der Waals surface area contributed by atoms with Crippen LogP contribution in [0.25, 0.3) is 0 Å². The molecule has 0 spiro atoms. The molecule has 0 aliphatic heterocycles. The summed E-state index contributed by atoms with van der Waals surface area (Å²) in [7, 11) is 3.04. The monoisotopic (exact) mass is 273 g/mol. The maximum Gasteiger partial charge on any atom is 0.136 e. The molecule has 0 fully saturated rings. The van der Waals surface area contributed by atoms with E-state index in [4.69, 9.17) is 14.2 Å². The van der Waals surface area contributed by atoms with Gasteiger partial charge in [0.1, 0.15) is 23.0 Å². The van der Waals surface area contributed by atoms with Gasteiger partial charge in [0.15, 0.2) is 0 Å². The molecular weight excluding hydrogens is 260 g/mol. The van der Waals surface area contributed by atoms with Gasteiger partial charge in [0.2, 0.25) is 0 Å². The number of benzene rings is 2. The highest BCUT2D eigenvalue weighted by Crippen LogP contribution is 2.31. The molecule has 0 radical (unpaired) electrons. The smallest absolute Gasteiger partial charge is 0.136 e. The number of carbonyl (C=O) groups is 1. The maximum absolute atomic E-state index is 11.0. The van der Waals surface area contributed by atoms with Crippen LogP contribution in [-0.2, 0) is 0 Å². The Balaban J connectivity index is 2.37. The standard InChI is InChI=1S/C15H14O5/c1-18-10-7-11(19-2)9-12(8-10)20-14-6-4-3-5-13(14)15(16)17/h3-9H,1-2H3,(H,16,17)/p-1. The highest BCUT2D eigenvalue weighted by atomic mass is 16.5. The number of carboxylic acid groups (broad SMARTS) is 1. The summed E-state index contributed by atoms with van der Waals surface area (Å²) >= 11 is 0. The van der Waals surface area contributed by atoms with Gasteiger partial charge in [0, 0.05) is 23.8 Å². The van der Waals surface area contributed by atoms with Crippen molar-refractivity contribution in [3.05, 3.63) is 48.0 Å². The number of rotatable bonds is 5. The number of para-hydroxylation sites is 1. The van der Waals surface area contributed by atoms with E-state index in [-0.39, 0.29) is 11.3 Å². The zero-order valence-electron chi connectivity index (χ0n) is 11.1. The van der Waals surface area contributed by atoms with Crippen LogP contribution in [0.5, 0.6) is 23.0 Å². The molecule has 0 heterocycles. The Morgan fingerprint density at radius 1 is 0.950 bits per heavy atom. The normalized spacial score (nSPS) is 9.90. The number of ether oxygens (including phenoxy) is 3. The Bertz CT molecular complexity index is 599. The van der Waals surface area contributed by atoms with Gasteiger partial charge in [-0.2, -0.15) is 0 Å². The number of carboxylic acids is 1. The second kappa shape index (κ2) is 5.97. The minimum absolute atomic E-state index is 0.0192. The van der Waals surface area contributed by atoms with Crippen molar-refractivity contribution in [2.24, 2.45) is 0 Å². The molecule has 0 aliphatic rings. The van der Waals surface area contributed by atoms with Crippen LogP contribution in [0.2, 0.25) is 0 Å². The van der Waals surface area contributed by atoms with E-state index in [1.54, 1.807) is 36.4 Å². The van der Waals surface area contributed by atoms with Gasteiger partial charge in [-0.05, 0) is 12.1 Å². The molecule has 0 aromatic heterocycles. The van der Waals surface area contributed by atoms with Crippen molar-refractivity contribution >= 4 is 5.97 Å². The van der Waals surface area contributed by atoms with E-state index in [2.05, 4.69) is 0 Å². The summed E-state index contributed by atoms with van der Waals surface area (Å²) in [5.41, 5.74) is -0.0192. The van der Waals surface area contributed by atoms with E-state index in [0.717, 1.165) is 0 Å². The average Bonchev–Trinajstić information content (AvgIpc) is 2.47. The van der Waals surface area contributed by atoms with Crippen LogP contribution in [-0.4, -0.2) is 20.2 Å². The summed E-state index contributed by atoms with van der Waals surface area (Å²) in [5, 5.41) is 11.0. The van der Waals surface area contributed by atoms with Gasteiger partial charge in [-0.1, -0.05) is 12.1 Å². The second-order valence-electron chi connectivity index (χ2n) is 3.93. The van der Waals surface area contributed by atoms with E-state index in [9.17, 15) is 9.90 Å². The molecule has 2 rings (SSSR count). The van der Waals surface area contributed by atoms with Crippen LogP contribution in [0.3, 0.4) is 0 Å². The Morgan fingerprint density at radius 3 is 2.05 bits per heavy atom. The molecule has 5 heteroatoms. The quantitative estimate of drug-likeness (QED) is 0.831. The first-order chi connectivity index (χ1) is 9.63. The molecule has 0 bridgehead atoms. The minimum atomic E-state index is -1.30. The number of carbonyl (C=O) groups excluding carboxylic acids is 1. The van der Waals surface area contributed by atoms with Gasteiger partial charge in [-0.15, -0.1) is 0 Å². The average molecular weight is 273 g/mol. The first-order valence-corrected chi connectivity index (χ1v) is 5.85. The van der Waals surface area contributed by atoms with E-state index in [0.29, 0.717) is 17.2 Å². The number of methoxy groups -OCH3 is 2. The molecule has 0 aliphatic carbocycles. The van der Waals surface area contributed by atoms with Crippen LogP contribution in [0, 0.1) is 0 Å². The van der Waals surface area contributed by atoms with Crippen molar-refractivity contribution in [1.82, 2.24) is 0 Å². The fourth-order valence-corrected chi connectivity index (χ4v) is 1.69. The highest BCUT2D eigenvalue weighted by molar-refractivity contribution is 5.89. The van der Waals surface area contributed by atoms with Gasteiger partial charge in [-0.25, -0.2) is 0 Å². The zero-order valence-corrected chi connectivity index (χ0v) is 11.1. The zero-order chi connectivity index (χ0) is 14.5. The lowest BCUT2D eigenvalue weighted by molar-refractivity contribution is -0.255. The van der Waals surface area contributed by atoms with Crippen molar-refractivity contribution in [3.8, 4) is 23.0 Å². The summed E-state index contributed by atoms with van der Waals surface area (Å²) in [5.74, 6) is 0.406. The van der Waals surface area contributed by atoms with Crippen molar-refractivity contribution < 1.29 is 24.1 Å². The Labute approximate surface area is 116 Å². The van der Waals surface area contributed by atoms with Gasteiger partial charge >= 0.3 is 0 Å². The lowest BCUT2D eigenvalue weighted by Gasteiger charge is -2.13. The van der Waals surface area contributed by atoms with Crippen LogP contribution >= 0.6 is 0 Å². The molecule has 20 heavy (non-hydrogen) atoms. The fraction of sp³-hybridized carbons (Fsp3) is 0.133. The van der Waals surface area contributed by atoms with Crippen molar-refractivity contribution in [1.29, 1.82) is 0 Å². The molecule has 0 N–H and O–H groups in total. The molecule has 2 aromatic rings. The summed E-state index contributed by atoms with van der Waals surface area (Å²) in [4.78, 5) is 11.0. The van der Waals surface area contributed by atoms with E-state index in [1.165, 1.54) is 20.3 Å². The molecule has 2 aromatic carbocycles.